The van der Waals surface area contributed by atoms with Crippen LogP contribution >= 0.6 is 24.0 Å². The molecule has 0 atom stereocenters. The van der Waals surface area contributed by atoms with Gasteiger partial charge in [0.2, 0.25) is 0 Å². The number of aryl methyl sites for hydroxylation is 1. The third-order valence-corrected chi connectivity index (χ3v) is 6.95. The molecule has 0 aliphatic carbocycles. The van der Waals surface area contributed by atoms with Crippen LogP contribution in [0.3, 0.4) is 0 Å². The summed E-state index contributed by atoms with van der Waals surface area (Å²) in [6.45, 7) is 7.59. The monoisotopic (exact) mass is 491 g/mol. The fourth-order valence-corrected chi connectivity index (χ4v) is 5.05. The zero-order valence-electron chi connectivity index (χ0n) is 19.8. The molecule has 176 valence electrons. The molecule has 0 spiro atoms. The summed E-state index contributed by atoms with van der Waals surface area (Å²) >= 11 is 6.85. The molecule has 1 fully saturated rings. The molecule has 1 aromatic heterocycles. The highest BCUT2D eigenvalue weighted by Gasteiger charge is 2.31. The van der Waals surface area contributed by atoms with Crippen LogP contribution in [0.2, 0.25) is 0 Å². The molecular formula is C27H29N3O2S2. The van der Waals surface area contributed by atoms with Gasteiger partial charge in [-0.25, -0.2) is 4.68 Å². The molecule has 3 aromatic rings. The summed E-state index contributed by atoms with van der Waals surface area (Å²) in [7, 11) is 0. The highest BCUT2D eigenvalue weighted by Crippen LogP contribution is 2.35. The molecular weight excluding hydrogens is 462 g/mol. The Bertz CT molecular complexity index is 1220. The molecule has 1 aliphatic heterocycles. The Balaban J connectivity index is 1.74. The summed E-state index contributed by atoms with van der Waals surface area (Å²) in [4.78, 5) is 15.4. The van der Waals surface area contributed by atoms with E-state index in [4.69, 9.17) is 22.1 Å². The van der Waals surface area contributed by atoms with Crippen molar-refractivity contribution >= 4 is 40.3 Å². The molecule has 1 saturated heterocycles. The van der Waals surface area contributed by atoms with Crippen molar-refractivity contribution in [2.45, 2.75) is 40.0 Å². The molecule has 2 aromatic carbocycles. The van der Waals surface area contributed by atoms with Crippen LogP contribution in [0.1, 0.15) is 44.2 Å². The normalized spacial score (nSPS) is 14.9. The van der Waals surface area contributed by atoms with E-state index >= 15 is 0 Å². The molecule has 2 heterocycles. The fourth-order valence-electron chi connectivity index (χ4n) is 3.75. The van der Waals surface area contributed by atoms with Crippen molar-refractivity contribution < 1.29 is 9.53 Å². The van der Waals surface area contributed by atoms with E-state index in [-0.39, 0.29) is 5.91 Å². The van der Waals surface area contributed by atoms with Crippen LogP contribution in [0.4, 0.5) is 0 Å². The van der Waals surface area contributed by atoms with Crippen molar-refractivity contribution in [3.63, 3.8) is 0 Å². The van der Waals surface area contributed by atoms with Gasteiger partial charge in [0.25, 0.3) is 5.91 Å². The van der Waals surface area contributed by atoms with Crippen molar-refractivity contribution in [2.24, 2.45) is 0 Å². The number of hydrogen-bond donors (Lipinski definition) is 0. The molecule has 0 N–H and O–H groups in total. The Labute approximate surface area is 210 Å². The van der Waals surface area contributed by atoms with Gasteiger partial charge in [-0.2, -0.15) is 5.10 Å². The highest BCUT2D eigenvalue weighted by atomic mass is 32.2. The zero-order valence-corrected chi connectivity index (χ0v) is 21.4. The van der Waals surface area contributed by atoms with Gasteiger partial charge in [0.15, 0.2) is 0 Å². The van der Waals surface area contributed by atoms with E-state index in [9.17, 15) is 4.79 Å². The number of carbonyl (C=O) groups excluding carboxylic acids is 1. The SMILES string of the molecule is CCCCN1C(=O)/C(=C\c2cn(-c3ccccc3)nc2-c2ccc(OCCC)c(C)c2)SC1=S. The molecule has 7 heteroatoms. The van der Waals surface area contributed by atoms with Crippen molar-refractivity contribution in [1.29, 1.82) is 0 Å². The summed E-state index contributed by atoms with van der Waals surface area (Å²) in [6, 6.07) is 16.1. The van der Waals surface area contributed by atoms with Crippen molar-refractivity contribution in [1.82, 2.24) is 14.7 Å². The van der Waals surface area contributed by atoms with Crippen molar-refractivity contribution in [3.8, 4) is 22.7 Å². The first kappa shape index (κ1) is 24.2. The first-order valence-electron chi connectivity index (χ1n) is 11.7. The molecule has 0 unspecified atom stereocenters. The second kappa shape index (κ2) is 11.0. The summed E-state index contributed by atoms with van der Waals surface area (Å²) < 4.78 is 8.33. The van der Waals surface area contributed by atoms with Gasteiger partial charge in [0, 0.05) is 23.9 Å². The van der Waals surface area contributed by atoms with Crippen LogP contribution in [0.5, 0.6) is 5.75 Å². The third-order valence-electron chi connectivity index (χ3n) is 5.57. The van der Waals surface area contributed by atoms with E-state index in [0.29, 0.717) is 22.4 Å². The van der Waals surface area contributed by atoms with E-state index in [1.54, 1.807) is 4.90 Å². The van der Waals surface area contributed by atoms with Crippen LogP contribution < -0.4 is 4.74 Å². The first-order chi connectivity index (χ1) is 16.5. The standard InChI is InChI=1S/C27H29N3O2S2/c1-4-6-14-29-26(31)24(34-27(29)33)17-21-18-30(22-10-8-7-9-11-22)28-25(21)20-12-13-23(19(3)16-20)32-15-5-2/h7-13,16-18H,4-6,14-15H2,1-3H3/b24-17+. The molecule has 0 saturated carbocycles. The molecule has 1 amide bonds. The summed E-state index contributed by atoms with van der Waals surface area (Å²) in [6.07, 6.45) is 6.80. The van der Waals surface area contributed by atoms with Gasteiger partial charge >= 0.3 is 0 Å². The van der Waals surface area contributed by atoms with E-state index < -0.39 is 0 Å². The van der Waals surface area contributed by atoms with Gasteiger partial charge in [-0.05, 0) is 61.7 Å². The minimum atomic E-state index is -0.0265. The lowest BCUT2D eigenvalue weighted by Gasteiger charge is -2.13. The smallest absolute Gasteiger partial charge is 0.266 e. The van der Waals surface area contributed by atoms with Crippen LogP contribution in [-0.4, -0.2) is 38.1 Å². The Hall–Kier alpha value is -2.90. The van der Waals surface area contributed by atoms with Gasteiger partial charge in [0.05, 0.1) is 17.2 Å². The van der Waals surface area contributed by atoms with Gasteiger partial charge in [0.1, 0.15) is 15.8 Å². The van der Waals surface area contributed by atoms with E-state index in [1.165, 1.54) is 11.8 Å². The number of ether oxygens (including phenoxy) is 1. The van der Waals surface area contributed by atoms with E-state index in [1.807, 2.05) is 66.3 Å². The second-order valence-corrected chi connectivity index (χ2v) is 9.90. The number of aromatic nitrogens is 2. The maximum atomic E-state index is 13.1. The van der Waals surface area contributed by atoms with Crippen LogP contribution in [-0.2, 0) is 4.79 Å². The minimum Gasteiger partial charge on any atom is -0.493 e. The zero-order chi connectivity index (χ0) is 24.1. The Morgan fingerprint density at radius 1 is 1.12 bits per heavy atom. The van der Waals surface area contributed by atoms with E-state index in [2.05, 4.69) is 19.9 Å². The Morgan fingerprint density at radius 2 is 1.91 bits per heavy atom. The average molecular weight is 492 g/mol. The number of thiocarbonyl (C=S) groups is 1. The number of unbranched alkanes of at least 4 members (excludes halogenated alkanes) is 1. The molecule has 34 heavy (non-hydrogen) atoms. The number of carbonyl (C=O) groups is 1. The van der Waals surface area contributed by atoms with Crippen LogP contribution in [0.25, 0.3) is 23.0 Å². The maximum absolute atomic E-state index is 13.1. The Morgan fingerprint density at radius 3 is 2.62 bits per heavy atom. The van der Waals surface area contributed by atoms with E-state index in [0.717, 1.165) is 53.1 Å². The predicted octanol–water partition coefficient (Wildman–Crippen LogP) is 6.64. The number of amides is 1. The number of para-hydroxylation sites is 1. The lowest BCUT2D eigenvalue weighted by atomic mass is 10.0. The molecule has 0 bridgehead atoms. The van der Waals surface area contributed by atoms with Crippen LogP contribution in [0, 0.1) is 6.92 Å². The maximum Gasteiger partial charge on any atom is 0.266 e. The number of thioether (sulfide) groups is 1. The summed E-state index contributed by atoms with van der Waals surface area (Å²) in [5.74, 6) is 0.854. The molecule has 5 nitrogen and oxygen atoms in total. The van der Waals surface area contributed by atoms with Gasteiger partial charge in [-0.1, -0.05) is 62.4 Å². The molecule has 4 rings (SSSR count). The largest absolute Gasteiger partial charge is 0.493 e. The second-order valence-electron chi connectivity index (χ2n) is 8.23. The van der Waals surface area contributed by atoms with Gasteiger partial charge in [-0.15, -0.1) is 0 Å². The van der Waals surface area contributed by atoms with Crippen molar-refractivity contribution in [2.75, 3.05) is 13.2 Å². The molecule has 0 radical (unpaired) electrons. The minimum absolute atomic E-state index is 0.0265. The number of benzene rings is 2. The van der Waals surface area contributed by atoms with Crippen molar-refractivity contribution in [3.05, 3.63) is 70.8 Å². The number of rotatable bonds is 9. The fraction of sp³-hybridized carbons (Fsp3) is 0.296. The highest BCUT2D eigenvalue weighted by molar-refractivity contribution is 8.26. The predicted molar refractivity (Wildman–Crippen MR) is 144 cm³/mol. The van der Waals surface area contributed by atoms with Gasteiger partial charge < -0.3 is 4.74 Å². The topological polar surface area (TPSA) is 47.4 Å². The first-order valence-corrected chi connectivity index (χ1v) is 12.9. The van der Waals surface area contributed by atoms with Crippen LogP contribution in [0.15, 0.2) is 59.6 Å². The van der Waals surface area contributed by atoms with Gasteiger partial charge in [-0.3, -0.25) is 9.69 Å². The average Bonchev–Trinajstić information content (AvgIpc) is 3.38. The number of hydrogen-bond acceptors (Lipinski definition) is 5. The Kier molecular flexibility index (Phi) is 7.85. The lowest BCUT2D eigenvalue weighted by molar-refractivity contribution is -0.122. The lowest BCUT2D eigenvalue weighted by Crippen LogP contribution is -2.28. The summed E-state index contributed by atoms with van der Waals surface area (Å²) in [5, 5.41) is 4.90. The third kappa shape index (κ3) is 5.26. The quantitative estimate of drug-likeness (QED) is 0.248. The molecule has 1 aliphatic rings. The summed E-state index contributed by atoms with van der Waals surface area (Å²) in [5.41, 5.74) is 4.67. The number of nitrogens with zero attached hydrogens (tertiary/aromatic N) is 3.